The van der Waals surface area contributed by atoms with Crippen molar-refractivity contribution in [3.05, 3.63) is 72.9 Å². The highest BCUT2D eigenvalue weighted by Gasteiger charge is 2.23. The average Bonchev–Trinajstić information content (AvgIpc) is 3.25. The van der Waals surface area contributed by atoms with Crippen LogP contribution in [0.2, 0.25) is 0 Å². The zero-order valence-electron chi connectivity index (χ0n) is 40.0. The van der Waals surface area contributed by atoms with E-state index in [-0.39, 0.29) is 31.3 Å². The number of esters is 1. The van der Waals surface area contributed by atoms with Crippen molar-refractivity contribution in [2.24, 2.45) is 0 Å². The van der Waals surface area contributed by atoms with E-state index < -0.39 is 18.2 Å². The van der Waals surface area contributed by atoms with Crippen molar-refractivity contribution in [1.82, 2.24) is 5.32 Å². The van der Waals surface area contributed by atoms with Gasteiger partial charge in [0.25, 0.3) is 0 Å². The number of unbranched alkanes of at least 4 members (excludes halogenated alkanes) is 21. The number of carbonyl (C=O) groups is 2. The summed E-state index contributed by atoms with van der Waals surface area (Å²) in [4.78, 5) is 26.1. The minimum atomic E-state index is -0.808. The minimum Gasteiger partial charge on any atom is -0.462 e. The number of carbonyl (C=O) groups excluding carboxylic acids is 2. The maximum absolute atomic E-state index is 13.2. The zero-order valence-corrected chi connectivity index (χ0v) is 40.0. The van der Waals surface area contributed by atoms with Gasteiger partial charge in [-0.3, -0.25) is 9.59 Å². The molecular formula is C55H97NO5. The van der Waals surface area contributed by atoms with Crippen molar-refractivity contribution in [3.8, 4) is 0 Å². The Morgan fingerprint density at radius 1 is 0.492 bits per heavy atom. The SMILES string of the molecule is CC/C=C/C/C=C/C/C=C/C/C=C/C/C=C/CCC(=O)OC(CCC/C=C\CCCCCCCC)CC(=O)NC(CO)C(O)CCCCCCCCCCCCCCCCC. The molecule has 61 heavy (non-hydrogen) atoms. The van der Waals surface area contributed by atoms with Crippen LogP contribution < -0.4 is 5.32 Å². The number of aliphatic hydroxyl groups excluding tert-OH is 2. The van der Waals surface area contributed by atoms with Gasteiger partial charge in [-0.1, -0.05) is 222 Å². The molecular weight excluding hydrogens is 755 g/mol. The van der Waals surface area contributed by atoms with Gasteiger partial charge in [-0.25, -0.2) is 0 Å². The first-order valence-corrected chi connectivity index (χ1v) is 25.7. The van der Waals surface area contributed by atoms with Crippen LogP contribution in [0.5, 0.6) is 0 Å². The third kappa shape index (κ3) is 43.7. The van der Waals surface area contributed by atoms with Gasteiger partial charge in [0.05, 0.1) is 25.2 Å². The van der Waals surface area contributed by atoms with Crippen LogP contribution in [0.3, 0.4) is 0 Å². The lowest BCUT2D eigenvalue weighted by molar-refractivity contribution is -0.150. The summed E-state index contributed by atoms with van der Waals surface area (Å²) >= 11 is 0. The molecule has 0 aliphatic carbocycles. The van der Waals surface area contributed by atoms with Crippen molar-refractivity contribution < 1.29 is 24.5 Å². The molecule has 3 N–H and O–H groups in total. The van der Waals surface area contributed by atoms with Crippen LogP contribution >= 0.6 is 0 Å². The van der Waals surface area contributed by atoms with Gasteiger partial charge in [-0.15, -0.1) is 0 Å². The third-order valence-corrected chi connectivity index (χ3v) is 11.3. The van der Waals surface area contributed by atoms with Crippen molar-refractivity contribution >= 4 is 11.9 Å². The number of amides is 1. The summed E-state index contributed by atoms with van der Waals surface area (Å²) in [5, 5.41) is 23.7. The Morgan fingerprint density at radius 2 is 0.902 bits per heavy atom. The highest BCUT2D eigenvalue weighted by molar-refractivity contribution is 5.77. The van der Waals surface area contributed by atoms with E-state index in [1.54, 1.807) is 0 Å². The first-order valence-electron chi connectivity index (χ1n) is 25.7. The summed E-state index contributed by atoms with van der Waals surface area (Å²) in [6, 6.07) is -0.726. The minimum absolute atomic E-state index is 0.0249. The Kier molecular flexibility index (Phi) is 46.2. The van der Waals surface area contributed by atoms with Gasteiger partial charge in [0.1, 0.15) is 6.10 Å². The molecule has 0 rings (SSSR count). The molecule has 6 heteroatoms. The molecule has 0 aromatic rings. The predicted molar refractivity (Wildman–Crippen MR) is 264 cm³/mol. The summed E-state index contributed by atoms with van der Waals surface area (Å²) < 4.78 is 5.86. The van der Waals surface area contributed by atoms with E-state index in [4.69, 9.17) is 4.74 Å². The van der Waals surface area contributed by atoms with Crippen LogP contribution in [-0.2, 0) is 14.3 Å². The second kappa shape index (κ2) is 48.3. The van der Waals surface area contributed by atoms with E-state index in [1.807, 2.05) is 6.08 Å². The quantitative estimate of drug-likeness (QED) is 0.0322. The van der Waals surface area contributed by atoms with E-state index >= 15 is 0 Å². The van der Waals surface area contributed by atoms with Gasteiger partial charge in [-0.05, 0) is 77.0 Å². The van der Waals surface area contributed by atoms with E-state index in [9.17, 15) is 19.8 Å². The van der Waals surface area contributed by atoms with Gasteiger partial charge in [0.15, 0.2) is 0 Å². The molecule has 0 saturated heterocycles. The Hall–Kier alpha value is -2.70. The molecule has 6 nitrogen and oxygen atoms in total. The van der Waals surface area contributed by atoms with Crippen LogP contribution in [0.1, 0.15) is 239 Å². The van der Waals surface area contributed by atoms with Crippen LogP contribution in [0.15, 0.2) is 72.9 Å². The molecule has 0 fully saturated rings. The maximum atomic E-state index is 13.2. The van der Waals surface area contributed by atoms with Crippen molar-refractivity contribution in [1.29, 1.82) is 0 Å². The van der Waals surface area contributed by atoms with Gasteiger partial charge in [-0.2, -0.15) is 0 Å². The third-order valence-electron chi connectivity index (χ3n) is 11.3. The zero-order chi connectivity index (χ0) is 44.5. The molecule has 3 unspecified atom stereocenters. The van der Waals surface area contributed by atoms with Gasteiger partial charge < -0.3 is 20.3 Å². The Labute approximate surface area is 377 Å². The molecule has 0 bridgehead atoms. The summed E-state index contributed by atoms with van der Waals surface area (Å²) in [6.07, 6.45) is 61.2. The van der Waals surface area contributed by atoms with E-state index in [0.717, 1.165) is 70.6 Å². The van der Waals surface area contributed by atoms with Crippen LogP contribution in [-0.4, -0.2) is 46.9 Å². The lowest BCUT2D eigenvalue weighted by Gasteiger charge is -2.24. The summed E-state index contributed by atoms with van der Waals surface area (Å²) in [7, 11) is 0. The topological polar surface area (TPSA) is 95.9 Å². The molecule has 0 radical (unpaired) electrons. The number of allylic oxidation sites excluding steroid dienone is 12. The fourth-order valence-corrected chi connectivity index (χ4v) is 7.42. The number of nitrogens with one attached hydrogen (secondary N) is 1. The largest absolute Gasteiger partial charge is 0.462 e. The second-order valence-corrected chi connectivity index (χ2v) is 17.2. The molecule has 352 valence electrons. The Morgan fingerprint density at radius 3 is 1.38 bits per heavy atom. The predicted octanol–water partition coefficient (Wildman–Crippen LogP) is 15.4. The molecule has 3 atom stereocenters. The first kappa shape index (κ1) is 58.3. The van der Waals surface area contributed by atoms with E-state index in [2.05, 4.69) is 92.9 Å². The summed E-state index contributed by atoms with van der Waals surface area (Å²) in [5.41, 5.74) is 0. The fourth-order valence-electron chi connectivity index (χ4n) is 7.42. The Balaban J connectivity index is 4.65. The lowest BCUT2D eigenvalue weighted by atomic mass is 10.0. The smallest absolute Gasteiger partial charge is 0.306 e. The summed E-state index contributed by atoms with van der Waals surface area (Å²) in [5.74, 6) is -0.604. The molecule has 0 aliphatic heterocycles. The maximum Gasteiger partial charge on any atom is 0.306 e. The molecule has 0 aliphatic rings. The standard InChI is InChI=1S/C55H97NO5/c1-4-7-10-13-16-19-22-24-26-28-30-33-36-39-42-45-48-55(60)61-51(46-43-40-37-34-31-21-18-15-12-9-6-3)49-54(59)56-52(50-57)53(58)47-44-41-38-35-32-29-27-25-23-20-17-14-11-8-5-2/h7,10,16,19,24,26,30,33-34,37,39,42,51-53,57-58H,4-6,8-9,11-15,17-18,20-23,25,27-29,31-32,35-36,38,40-41,43-50H2,1-3H3,(H,56,59)/b10-7+,19-16+,26-24+,33-30+,37-34-,42-39+. The Bertz CT molecular complexity index is 1140. The molecule has 0 saturated carbocycles. The van der Waals surface area contributed by atoms with Crippen LogP contribution in [0, 0.1) is 0 Å². The lowest BCUT2D eigenvalue weighted by Crippen LogP contribution is -2.46. The van der Waals surface area contributed by atoms with Crippen LogP contribution in [0.25, 0.3) is 0 Å². The monoisotopic (exact) mass is 852 g/mol. The van der Waals surface area contributed by atoms with Crippen LogP contribution in [0.4, 0.5) is 0 Å². The van der Waals surface area contributed by atoms with Crippen molar-refractivity contribution in [2.75, 3.05) is 6.61 Å². The highest BCUT2D eigenvalue weighted by Crippen LogP contribution is 2.17. The number of hydrogen-bond donors (Lipinski definition) is 3. The second-order valence-electron chi connectivity index (χ2n) is 17.2. The molecule has 0 spiro atoms. The number of ether oxygens (including phenoxy) is 1. The number of hydrogen-bond acceptors (Lipinski definition) is 5. The van der Waals surface area contributed by atoms with E-state index in [0.29, 0.717) is 19.3 Å². The number of aliphatic hydroxyl groups is 2. The van der Waals surface area contributed by atoms with Gasteiger partial charge in [0, 0.05) is 6.42 Å². The van der Waals surface area contributed by atoms with E-state index in [1.165, 1.54) is 116 Å². The molecule has 0 aromatic heterocycles. The molecule has 1 amide bonds. The van der Waals surface area contributed by atoms with Crippen molar-refractivity contribution in [3.63, 3.8) is 0 Å². The van der Waals surface area contributed by atoms with Gasteiger partial charge >= 0.3 is 5.97 Å². The molecule has 0 heterocycles. The van der Waals surface area contributed by atoms with Gasteiger partial charge in [0.2, 0.25) is 5.91 Å². The normalized spacial score (nSPS) is 13.9. The highest BCUT2D eigenvalue weighted by atomic mass is 16.5. The fraction of sp³-hybridized carbons (Fsp3) is 0.745. The summed E-state index contributed by atoms with van der Waals surface area (Å²) in [6.45, 7) is 6.33. The van der Waals surface area contributed by atoms with Crippen molar-refractivity contribution in [2.45, 2.75) is 257 Å². The number of rotatable bonds is 45. The first-order chi connectivity index (χ1) is 30.0. The average molecular weight is 852 g/mol. The molecule has 0 aromatic carbocycles.